The third kappa shape index (κ3) is 4.58. The molecule has 0 atom stereocenters. The molecule has 13 heavy (non-hydrogen) atoms. The first-order valence-corrected chi connectivity index (χ1v) is 5.28. The summed E-state index contributed by atoms with van der Waals surface area (Å²) < 4.78 is 0. The van der Waals surface area contributed by atoms with Crippen molar-refractivity contribution in [2.45, 2.75) is 13.8 Å². The second kappa shape index (κ2) is 6.55. The Kier molecular flexibility index (Phi) is 6.07. The van der Waals surface area contributed by atoms with Crippen LogP contribution in [-0.4, -0.2) is 29.4 Å². The number of aliphatic imine (C=N–C) groups is 1. The van der Waals surface area contributed by atoms with Crippen LogP contribution in [0.25, 0.3) is 0 Å². The van der Waals surface area contributed by atoms with Gasteiger partial charge in [0.1, 0.15) is 0 Å². The molecule has 0 unspecified atom stereocenters. The lowest BCUT2D eigenvalue weighted by Gasteiger charge is -2.22. The molecule has 0 fully saturated rings. The van der Waals surface area contributed by atoms with Crippen LogP contribution in [-0.2, 0) is 0 Å². The van der Waals surface area contributed by atoms with Crippen molar-refractivity contribution < 1.29 is 0 Å². The molecular weight excluding hydrogens is 182 g/mol. The van der Waals surface area contributed by atoms with E-state index >= 15 is 0 Å². The number of hydrogen-bond acceptors (Lipinski definition) is 3. The summed E-state index contributed by atoms with van der Waals surface area (Å²) in [6.07, 6.45) is 3.72. The molecule has 0 aliphatic rings. The number of hydrogen-bond donors (Lipinski definition) is 0. The minimum absolute atomic E-state index is 0.757. The van der Waals surface area contributed by atoms with E-state index in [0.29, 0.717) is 0 Å². The van der Waals surface area contributed by atoms with Crippen LogP contribution in [0.5, 0.6) is 0 Å². The third-order valence-corrected chi connectivity index (χ3v) is 2.16. The summed E-state index contributed by atoms with van der Waals surface area (Å²) in [5.41, 5.74) is 1.07. The van der Waals surface area contributed by atoms with Crippen LogP contribution in [0, 0.1) is 11.5 Å². The fraction of sp³-hybridized carbons (Fsp3) is 0.556. The first-order valence-electron chi connectivity index (χ1n) is 4.05. The van der Waals surface area contributed by atoms with Crippen molar-refractivity contribution in [3.8, 4) is 6.19 Å². The van der Waals surface area contributed by atoms with Crippen molar-refractivity contribution in [3.05, 3.63) is 12.2 Å². The van der Waals surface area contributed by atoms with Crippen molar-refractivity contribution >= 4 is 16.9 Å². The van der Waals surface area contributed by atoms with Gasteiger partial charge >= 0.3 is 0 Å². The summed E-state index contributed by atoms with van der Waals surface area (Å²) in [7, 11) is 0. The molecule has 0 aromatic carbocycles. The van der Waals surface area contributed by atoms with Crippen LogP contribution in [0.1, 0.15) is 13.8 Å². The first-order chi connectivity index (χ1) is 6.15. The van der Waals surface area contributed by atoms with Crippen molar-refractivity contribution in [2.24, 2.45) is 4.99 Å². The molecule has 0 saturated carbocycles. The van der Waals surface area contributed by atoms with Crippen LogP contribution < -0.4 is 0 Å². The number of nitrogens with zero attached hydrogens (tertiary/aromatic N) is 3. The minimum atomic E-state index is 0.757. The average molecular weight is 197 g/mol. The van der Waals surface area contributed by atoms with Crippen molar-refractivity contribution in [2.75, 3.05) is 19.3 Å². The lowest BCUT2D eigenvalue weighted by atomic mass is 10.3. The van der Waals surface area contributed by atoms with E-state index in [1.54, 1.807) is 6.19 Å². The summed E-state index contributed by atoms with van der Waals surface area (Å²) in [5.74, 6) is 0. The van der Waals surface area contributed by atoms with Gasteiger partial charge in [0.15, 0.2) is 5.17 Å². The van der Waals surface area contributed by atoms with Gasteiger partial charge in [-0.2, -0.15) is 5.26 Å². The SMILES string of the molecule is C=C(C)CN(CC)C(=NC#N)SC. The van der Waals surface area contributed by atoms with Crippen LogP contribution >= 0.6 is 11.8 Å². The Hall–Kier alpha value is -0.950. The fourth-order valence-corrected chi connectivity index (χ4v) is 1.51. The van der Waals surface area contributed by atoms with E-state index in [4.69, 9.17) is 5.26 Å². The maximum atomic E-state index is 8.45. The van der Waals surface area contributed by atoms with Crippen molar-refractivity contribution in [1.82, 2.24) is 4.90 Å². The maximum Gasteiger partial charge on any atom is 0.208 e. The van der Waals surface area contributed by atoms with Crippen molar-refractivity contribution in [3.63, 3.8) is 0 Å². The Morgan fingerprint density at radius 1 is 1.69 bits per heavy atom. The average Bonchev–Trinajstić information content (AvgIpc) is 2.10. The van der Waals surface area contributed by atoms with Crippen LogP contribution in [0.15, 0.2) is 17.1 Å². The Labute approximate surface area is 84.1 Å². The Balaban J connectivity index is 4.45. The molecule has 0 aromatic heterocycles. The quantitative estimate of drug-likeness (QED) is 0.301. The molecule has 0 heterocycles. The van der Waals surface area contributed by atoms with Gasteiger partial charge in [0.25, 0.3) is 0 Å². The minimum Gasteiger partial charge on any atom is -0.347 e. The molecule has 0 bridgehead atoms. The molecule has 0 aliphatic carbocycles. The van der Waals surface area contributed by atoms with Gasteiger partial charge < -0.3 is 4.90 Å². The molecule has 4 heteroatoms. The highest BCUT2D eigenvalue weighted by Gasteiger charge is 2.07. The van der Waals surface area contributed by atoms with Gasteiger partial charge in [-0.25, -0.2) is 0 Å². The molecule has 0 spiro atoms. The zero-order valence-electron chi connectivity index (χ0n) is 8.37. The highest BCUT2D eigenvalue weighted by molar-refractivity contribution is 8.13. The molecule has 0 amide bonds. The van der Waals surface area contributed by atoms with E-state index < -0.39 is 0 Å². The smallest absolute Gasteiger partial charge is 0.208 e. The van der Waals surface area contributed by atoms with Gasteiger partial charge in [0.05, 0.1) is 0 Å². The molecule has 0 aliphatic heterocycles. The lowest BCUT2D eigenvalue weighted by Crippen LogP contribution is -2.29. The molecule has 3 nitrogen and oxygen atoms in total. The van der Waals surface area contributed by atoms with E-state index in [2.05, 4.69) is 11.6 Å². The van der Waals surface area contributed by atoms with E-state index in [1.165, 1.54) is 11.8 Å². The Bertz CT molecular complexity index is 240. The van der Waals surface area contributed by atoms with Crippen molar-refractivity contribution in [1.29, 1.82) is 5.26 Å². The first kappa shape index (κ1) is 12.0. The van der Waals surface area contributed by atoms with Gasteiger partial charge in [0.2, 0.25) is 6.19 Å². The lowest BCUT2D eigenvalue weighted by molar-refractivity contribution is 0.487. The number of nitriles is 1. The highest BCUT2D eigenvalue weighted by Crippen LogP contribution is 2.07. The fourth-order valence-electron chi connectivity index (χ4n) is 0.929. The van der Waals surface area contributed by atoms with Gasteiger partial charge in [-0.3, -0.25) is 0 Å². The summed E-state index contributed by atoms with van der Waals surface area (Å²) in [5, 5.41) is 9.20. The second-order valence-electron chi connectivity index (χ2n) is 2.67. The largest absolute Gasteiger partial charge is 0.347 e. The van der Waals surface area contributed by atoms with E-state index in [0.717, 1.165) is 23.8 Å². The van der Waals surface area contributed by atoms with Gasteiger partial charge in [0, 0.05) is 13.1 Å². The van der Waals surface area contributed by atoms with Gasteiger partial charge in [-0.15, -0.1) is 4.99 Å². The zero-order valence-corrected chi connectivity index (χ0v) is 9.19. The molecule has 0 rings (SSSR count). The number of likely N-dealkylation sites (N-methyl/N-ethyl adjacent to an activating group) is 1. The van der Waals surface area contributed by atoms with Gasteiger partial charge in [-0.05, 0) is 20.1 Å². The molecule has 0 radical (unpaired) electrons. The Morgan fingerprint density at radius 2 is 2.31 bits per heavy atom. The molecular formula is C9H15N3S. The summed E-state index contributed by atoms with van der Waals surface area (Å²) in [6, 6.07) is 0. The maximum absolute atomic E-state index is 8.45. The highest BCUT2D eigenvalue weighted by atomic mass is 32.2. The predicted molar refractivity (Wildman–Crippen MR) is 58.6 cm³/mol. The molecule has 72 valence electrons. The third-order valence-electron chi connectivity index (χ3n) is 1.44. The monoisotopic (exact) mass is 197 g/mol. The standard InChI is InChI=1S/C9H15N3S/c1-5-12(6-8(2)3)9(13-4)11-7-10/h2,5-6H2,1,3-4H3. The summed E-state index contributed by atoms with van der Waals surface area (Å²) in [4.78, 5) is 5.76. The van der Waals surface area contributed by atoms with Crippen LogP contribution in [0.2, 0.25) is 0 Å². The summed E-state index contributed by atoms with van der Waals surface area (Å²) in [6.45, 7) is 9.43. The van der Waals surface area contributed by atoms with E-state index in [-0.39, 0.29) is 0 Å². The van der Waals surface area contributed by atoms with Crippen LogP contribution in [0.3, 0.4) is 0 Å². The normalized spacial score (nSPS) is 10.8. The van der Waals surface area contributed by atoms with Crippen LogP contribution in [0.4, 0.5) is 0 Å². The predicted octanol–water partition coefficient (Wildman–Crippen LogP) is 2.08. The van der Waals surface area contributed by atoms with E-state index in [1.807, 2.05) is 25.0 Å². The topological polar surface area (TPSA) is 39.4 Å². The molecule has 0 aromatic rings. The number of rotatable bonds is 3. The summed E-state index contributed by atoms with van der Waals surface area (Å²) >= 11 is 1.48. The number of thioether (sulfide) groups is 1. The molecule has 0 N–H and O–H groups in total. The second-order valence-corrected chi connectivity index (χ2v) is 3.44. The Morgan fingerprint density at radius 3 is 2.62 bits per heavy atom. The van der Waals surface area contributed by atoms with E-state index in [9.17, 15) is 0 Å². The zero-order chi connectivity index (χ0) is 10.3. The molecule has 0 saturated heterocycles. The number of amidine groups is 1. The van der Waals surface area contributed by atoms with Gasteiger partial charge in [-0.1, -0.05) is 23.9 Å².